The van der Waals surface area contributed by atoms with E-state index in [1.54, 1.807) is 7.11 Å². The highest BCUT2D eigenvalue weighted by molar-refractivity contribution is 6.04. The molecule has 1 aliphatic rings. The first-order chi connectivity index (χ1) is 10.2. The quantitative estimate of drug-likeness (QED) is 0.859. The number of benzene rings is 1. The van der Waals surface area contributed by atoms with E-state index < -0.39 is 0 Å². The summed E-state index contributed by atoms with van der Waals surface area (Å²) in [4.78, 5) is 15.6. The van der Waals surface area contributed by atoms with E-state index in [0.717, 1.165) is 35.2 Å². The number of hydrogen-bond acceptors (Lipinski definition) is 3. The first-order valence-electron chi connectivity index (χ1n) is 7.23. The van der Waals surface area contributed by atoms with E-state index in [9.17, 15) is 4.79 Å². The molecule has 2 aromatic rings. The average molecular weight is 288 g/mol. The fourth-order valence-corrected chi connectivity index (χ4v) is 2.58. The molecule has 1 heterocycles. The summed E-state index contributed by atoms with van der Waals surface area (Å²) in [6.07, 6.45) is 3.60. The van der Waals surface area contributed by atoms with Crippen LogP contribution >= 0.6 is 0 Å². The molecule has 1 aromatic carbocycles. The number of fused-ring (bicyclic) bond motifs is 1. The summed E-state index contributed by atoms with van der Waals surface area (Å²) in [5, 5.41) is 3.98. The normalized spacial score (nSPS) is 15.9. The van der Waals surface area contributed by atoms with Crippen molar-refractivity contribution in [2.75, 3.05) is 25.6 Å². The molecule has 1 aliphatic carbocycles. The number of aromatic amines is 1. The van der Waals surface area contributed by atoms with Crippen molar-refractivity contribution in [1.29, 1.82) is 0 Å². The maximum Gasteiger partial charge on any atom is 0.232 e. The first kappa shape index (κ1) is 13.9. The highest BCUT2D eigenvalue weighted by atomic mass is 16.5. The van der Waals surface area contributed by atoms with Gasteiger partial charge in [-0.1, -0.05) is 0 Å². The molecule has 0 spiro atoms. The van der Waals surface area contributed by atoms with Crippen LogP contribution in [0.15, 0.2) is 24.4 Å². The molecule has 5 nitrogen and oxygen atoms in total. The van der Waals surface area contributed by atoms with Gasteiger partial charge in [0.05, 0.1) is 24.3 Å². The second-order valence-electron chi connectivity index (χ2n) is 5.51. The number of hydrogen-bond donors (Lipinski definition) is 2. The molecule has 0 radical (unpaired) electrons. The third-order valence-corrected chi connectivity index (χ3v) is 3.97. The molecule has 1 saturated carbocycles. The monoisotopic (exact) mass is 288 g/mol. The van der Waals surface area contributed by atoms with Gasteiger partial charge in [-0.15, -0.1) is 0 Å². The Morgan fingerprint density at radius 2 is 2.24 bits per heavy atom. The number of nitrogens with one attached hydrogen (secondary N) is 2. The predicted molar refractivity (Wildman–Crippen MR) is 81.6 cm³/mol. The average Bonchev–Trinajstić information content (AvgIpc) is 3.16. The molecule has 21 heavy (non-hydrogen) atoms. The number of anilines is 1. The van der Waals surface area contributed by atoms with E-state index in [4.69, 9.17) is 9.47 Å². The van der Waals surface area contributed by atoms with Crippen LogP contribution in [0.5, 0.6) is 5.75 Å². The third kappa shape index (κ3) is 2.61. The number of amides is 1. The second kappa shape index (κ2) is 5.41. The van der Waals surface area contributed by atoms with E-state index in [-0.39, 0.29) is 11.3 Å². The van der Waals surface area contributed by atoms with Crippen molar-refractivity contribution in [3.63, 3.8) is 0 Å². The molecule has 5 heteroatoms. The van der Waals surface area contributed by atoms with Gasteiger partial charge in [-0.25, -0.2) is 0 Å². The summed E-state index contributed by atoms with van der Waals surface area (Å²) in [5.41, 5.74) is 1.43. The number of carbonyl (C=O) groups is 1. The van der Waals surface area contributed by atoms with Crippen molar-refractivity contribution < 1.29 is 14.3 Å². The van der Waals surface area contributed by atoms with Crippen molar-refractivity contribution in [2.45, 2.75) is 19.8 Å². The Labute approximate surface area is 123 Å². The number of ether oxygens (including phenoxy) is 2. The zero-order chi connectivity index (χ0) is 14.9. The van der Waals surface area contributed by atoms with Gasteiger partial charge in [-0.05, 0) is 38.0 Å². The molecular weight excluding hydrogens is 268 g/mol. The zero-order valence-electron chi connectivity index (χ0n) is 12.4. The van der Waals surface area contributed by atoms with Crippen LogP contribution in [0, 0.1) is 5.41 Å². The zero-order valence-corrected chi connectivity index (χ0v) is 12.4. The maximum absolute atomic E-state index is 12.4. The Hall–Kier alpha value is -2.01. The van der Waals surface area contributed by atoms with Crippen LogP contribution in [0.4, 0.5) is 5.69 Å². The van der Waals surface area contributed by atoms with Crippen molar-refractivity contribution in [1.82, 2.24) is 4.98 Å². The lowest BCUT2D eigenvalue weighted by atomic mass is 10.1. The number of carbonyl (C=O) groups excluding carboxylic acids is 1. The molecule has 1 aromatic heterocycles. The van der Waals surface area contributed by atoms with Crippen molar-refractivity contribution in [2.24, 2.45) is 5.41 Å². The lowest BCUT2D eigenvalue weighted by molar-refractivity contribution is -0.122. The Kier molecular flexibility index (Phi) is 3.59. The predicted octanol–water partition coefficient (Wildman–Crippen LogP) is 2.93. The second-order valence-corrected chi connectivity index (χ2v) is 5.51. The van der Waals surface area contributed by atoms with Gasteiger partial charge in [-0.3, -0.25) is 4.79 Å². The lowest BCUT2D eigenvalue weighted by Crippen LogP contribution is -2.27. The number of H-pyrrole nitrogens is 1. The van der Waals surface area contributed by atoms with Gasteiger partial charge in [0.25, 0.3) is 0 Å². The topological polar surface area (TPSA) is 63.3 Å². The van der Waals surface area contributed by atoms with Gasteiger partial charge < -0.3 is 19.8 Å². The maximum atomic E-state index is 12.4. The van der Waals surface area contributed by atoms with E-state index in [1.807, 2.05) is 31.3 Å². The van der Waals surface area contributed by atoms with Gasteiger partial charge in [0, 0.05) is 24.2 Å². The Morgan fingerprint density at radius 1 is 1.43 bits per heavy atom. The summed E-state index contributed by atoms with van der Waals surface area (Å²) in [6, 6.07) is 5.82. The minimum absolute atomic E-state index is 0.0343. The van der Waals surface area contributed by atoms with Gasteiger partial charge in [-0.2, -0.15) is 0 Å². The Morgan fingerprint density at radius 3 is 2.90 bits per heavy atom. The highest BCUT2D eigenvalue weighted by Gasteiger charge is 2.50. The van der Waals surface area contributed by atoms with E-state index in [1.165, 1.54) is 0 Å². The molecule has 2 N–H and O–H groups in total. The largest absolute Gasteiger partial charge is 0.494 e. The third-order valence-electron chi connectivity index (χ3n) is 3.97. The minimum atomic E-state index is -0.337. The molecule has 1 fully saturated rings. The fourth-order valence-electron chi connectivity index (χ4n) is 2.58. The van der Waals surface area contributed by atoms with Crippen LogP contribution in [-0.2, 0) is 9.53 Å². The molecule has 112 valence electrons. The Balaban J connectivity index is 1.83. The smallest absolute Gasteiger partial charge is 0.232 e. The summed E-state index contributed by atoms with van der Waals surface area (Å²) in [5.74, 6) is 0.838. The summed E-state index contributed by atoms with van der Waals surface area (Å²) < 4.78 is 10.7. The minimum Gasteiger partial charge on any atom is -0.494 e. The van der Waals surface area contributed by atoms with Crippen LogP contribution in [0.1, 0.15) is 19.8 Å². The highest BCUT2D eigenvalue weighted by Crippen LogP contribution is 2.47. The molecule has 0 aliphatic heterocycles. The van der Waals surface area contributed by atoms with E-state index in [0.29, 0.717) is 13.2 Å². The van der Waals surface area contributed by atoms with Crippen LogP contribution in [0.25, 0.3) is 10.9 Å². The van der Waals surface area contributed by atoms with Crippen LogP contribution in [0.3, 0.4) is 0 Å². The van der Waals surface area contributed by atoms with Gasteiger partial charge in [0.1, 0.15) is 5.75 Å². The molecule has 0 atom stereocenters. The molecular formula is C16H20N2O3. The molecule has 0 unspecified atom stereocenters. The number of aromatic nitrogens is 1. The summed E-state index contributed by atoms with van der Waals surface area (Å²) in [7, 11) is 1.63. The van der Waals surface area contributed by atoms with Gasteiger partial charge >= 0.3 is 0 Å². The number of methoxy groups -OCH3 is 1. The van der Waals surface area contributed by atoms with Crippen molar-refractivity contribution in [3.8, 4) is 5.75 Å². The number of rotatable bonds is 6. The molecule has 0 saturated heterocycles. The summed E-state index contributed by atoms with van der Waals surface area (Å²) >= 11 is 0. The van der Waals surface area contributed by atoms with E-state index >= 15 is 0 Å². The van der Waals surface area contributed by atoms with Crippen LogP contribution in [-0.4, -0.2) is 31.2 Å². The SMILES string of the molecule is CCOc1ccc2[nH]cc(NC(=O)C3(COC)CC3)c2c1. The van der Waals surface area contributed by atoms with Crippen molar-refractivity contribution in [3.05, 3.63) is 24.4 Å². The van der Waals surface area contributed by atoms with Crippen LogP contribution < -0.4 is 10.1 Å². The van der Waals surface area contributed by atoms with Gasteiger partial charge in [0.2, 0.25) is 5.91 Å². The molecule has 1 amide bonds. The van der Waals surface area contributed by atoms with Crippen molar-refractivity contribution >= 4 is 22.5 Å². The Bertz CT molecular complexity index is 659. The fraction of sp³-hybridized carbons (Fsp3) is 0.438. The first-order valence-corrected chi connectivity index (χ1v) is 7.23. The molecule has 0 bridgehead atoms. The summed E-state index contributed by atoms with van der Waals surface area (Å²) in [6.45, 7) is 3.05. The lowest BCUT2D eigenvalue weighted by Gasteiger charge is -2.13. The standard InChI is InChI=1S/C16H20N2O3/c1-3-21-11-4-5-13-12(8-11)14(9-17-13)18-15(19)16(6-7-16)10-20-2/h4-5,8-9,17H,3,6-7,10H2,1-2H3,(H,18,19). The van der Waals surface area contributed by atoms with Gasteiger partial charge in [0.15, 0.2) is 0 Å². The van der Waals surface area contributed by atoms with E-state index in [2.05, 4.69) is 10.3 Å². The molecule has 3 rings (SSSR count). The van der Waals surface area contributed by atoms with Crippen LogP contribution in [0.2, 0.25) is 0 Å².